The average molecular weight is 315 g/mol. The van der Waals surface area contributed by atoms with Crippen molar-refractivity contribution in [3.8, 4) is 5.88 Å². The van der Waals surface area contributed by atoms with E-state index in [1.165, 1.54) is 6.20 Å². The summed E-state index contributed by atoms with van der Waals surface area (Å²) in [5.74, 6) is 0.423. The quantitative estimate of drug-likeness (QED) is 0.946. The predicted octanol–water partition coefficient (Wildman–Crippen LogP) is 3.05. The largest absolute Gasteiger partial charge is 0.472 e. The van der Waals surface area contributed by atoms with Crippen LogP contribution < -0.4 is 10.5 Å². The standard InChI is InChI=1S/C11H9BrClN3O/c12-8-4-2-1-3-7(8)6-17-10-9(13)5-15-11(14)16-10/h1-5H,6H2,(H2,14,15,16). The van der Waals surface area contributed by atoms with Gasteiger partial charge in [0.25, 0.3) is 0 Å². The smallest absolute Gasteiger partial charge is 0.237 e. The Kier molecular flexibility index (Phi) is 3.81. The zero-order chi connectivity index (χ0) is 12.3. The van der Waals surface area contributed by atoms with E-state index in [1.807, 2.05) is 24.3 Å². The second-order valence-corrected chi connectivity index (χ2v) is 4.52. The molecular formula is C11H9BrClN3O. The third kappa shape index (κ3) is 3.08. The Balaban J connectivity index is 2.12. The number of benzene rings is 1. The van der Waals surface area contributed by atoms with E-state index < -0.39 is 0 Å². The summed E-state index contributed by atoms with van der Waals surface area (Å²) >= 11 is 9.32. The van der Waals surface area contributed by atoms with Crippen molar-refractivity contribution in [3.05, 3.63) is 45.5 Å². The topological polar surface area (TPSA) is 61.0 Å². The molecule has 0 spiro atoms. The van der Waals surface area contributed by atoms with Gasteiger partial charge < -0.3 is 10.5 Å². The second-order valence-electron chi connectivity index (χ2n) is 3.26. The molecule has 2 N–H and O–H groups in total. The highest BCUT2D eigenvalue weighted by atomic mass is 79.9. The summed E-state index contributed by atoms with van der Waals surface area (Å²) in [4.78, 5) is 7.67. The zero-order valence-corrected chi connectivity index (χ0v) is 11.1. The van der Waals surface area contributed by atoms with E-state index >= 15 is 0 Å². The summed E-state index contributed by atoms with van der Waals surface area (Å²) < 4.78 is 6.46. The van der Waals surface area contributed by atoms with Crippen molar-refractivity contribution in [2.45, 2.75) is 6.61 Å². The average Bonchev–Trinajstić information content (AvgIpc) is 2.32. The SMILES string of the molecule is Nc1ncc(Cl)c(OCc2ccccc2Br)n1. The Hall–Kier alpha value is -1.33. The minimum absolute atomic E-state index is 0.136. The number of nitrogens with zero attached hydrogens (tertiary/aromatic N) is 2. The maximum Gasteiger partial charge on any atom is 0.237 e. The molecule has 0 aliphatic carbocycles. The summed E-state index contributed by atoms with van der Waals surface area (Å²) in [6.45, 7) is 0.359. The van der Waals surface area contributed by atoms with E-state index in [9.17, 15) is 0 Å². The van der Waals surface area contributed by atoms with Crippen LogP contribution in [-0.2, 0) is 6.61 Å². The van der Waals surface area contributed by atoms with Crippen LogP contribution in [0.2, 0.25) is 5.02 Å². The highest BCUT2D eigenvalue weighted by Gasteiger charge is 2.06. The normalized spacial score (nSPS) is 10.2. The molecular weight excluding hydrogens is 305 g/mol. The van der Waals surface area contributed by atoms with Crippen LogP contribution in [-0.4, -0.2) is 9.97 Å². The number of hydrogen-bond donors (Lipinski definition) is 1. The zero-order valence-electron chi connectivity index (χ0n) is 8.73. The second kappa shape index (κ2) is 5.33. The lowest BCUT2D eigenvalue weighted by Crippen LogP contribution is -2.02. The molecule has 0 amide bonds. The molecule has 17 heavy (non-hydrogen) atoms. The molecule has 0 saturated heterocycles. The van der Waals surface area contributed by atoms with E-state index in [0.717, 1.165) is 10.0 Å². The fourth-order valence-electron chi connectivity index (χ4n) is 1.23. The highest BCUT2D eigenvalue weighted by molar-refractivity contribution is 9.10. The number of hydrogen-bond acceptors (Lipinski definition) is 4. The highest BCUT2D eigenvalue weighted by Crippen LogP contribution is 2.23. The lowest BCUT2D eigenvalue weighted by molar-refractivity contribution is 0.293. The van der Waals surface area contributed by atoms with Crippen molar-refractivity contribution in [1.29, 1.82) is 0 Å². The van der Waals surface area contributed by atoms with Gasteiger partial charge in [0.15, 0.2) is 0 Å². The molecule has 0 fully saturated rings. The van der Waals surface area contributed by atoms with Crippen molar-refractivity contribution < 1.29 is 4.74 Å². The van der Waals surface area contributed by atoms with Crippen molar-refractivity contribution >= 4 is 33.5 Å². The van der Waals surface area contributed by atoms with Crippen LogP contribution in [0.5, 0.6) is 5.88 Å². The molecule has 2 aromatic rings. The molecule has 0 aliphatic heterocycles. The first-order valence-electron chi connectivity index (χ1n) is 4.81. The van der Waals surface area contributed by atoms with Gasteiger partial charge in [-0.1, -0.05) is 45.7 Å². The van der Waals surface area contributed by atoms with E-state index in [4.69, 9.17) is 22.1 Å². The molecule has 1 heterocycles. The number of anilines is 1. The number of nitrogen functional groups attached to an aromatic ring is 1. The minimum Gasteiger partial charge on any atom is -0.472 e. The van der Waals surface area contributed by atoms with Gasteiger partial charge in [-0.2, -0.15) is 4.98 Å². The number of aromatic nitrogens is 2. The Morgan fingerprint density at radius 1 is 1.35 bits per heavy atom. The Morgan fingerprint density at radius 2 is 2.12 bits per heavy atom. The molecule has 0 atom stereocenters. The summed E-state index contributed by atoms with van der Waals surface area (Å²) in [5, 5.41) is 0.339. The van der Waals surface area contributed by atoms with Crippen molar-refractivity contribution in [2.24, 2.45) is 0 Å². The van der Waals surface area contributed by atoms with Gasteiger partial charge in [0.1, 0.15) is 11.6 Å². The number of ether oxygens (including phenoxy) is 1. The van der Waals surface area contributed by atoms with Gasteiger partial charge >= 0.3 is 0 Å². The van der Waals surface area contributed by atoms with Gasteiger partial charge in [0, 0.05) is 10.0 Å². The van der Waals surface area contributed by atoms with E-state index in [2.05, 4.69) is 25.9 Å². The minimum atomic E-state index is 0.136. The monoisotopic (exact) mass is 313 g/mol. The lowest BCUT2D eigenvalue weighted by Gasteiger charge is -2.08. The van der Waals surface area contributed by atoms with Gasteiger partial charge in [0.05, 0.1) is 6.20 Å². The first-order chi connectivity index (χ1) is 8.16. The van der Waals surface area contributed by atoms with Crippen LogP contribution in [0.4, 0.5) is 5.95 Å². The van der Waals surface area contributed by atoms with Gasteiger partial charge in [-0.3, -0.25) is 0 Å². The van der Waals surface area contributed by atoms with Crippen LogP contribution in [0.25, 0.3) is 0 Å². The van der Waals surface area contributed by atoms with E-state index in [1.54, 1.807) is 0 Å². The fourth-order valence-corrected chi connectivity index (χ4v) is 1.77. The molecule has 2 rings (SSSR count). The maximum absolute atomic E-state index is 5.88. The third-order valence-corrected chi connectivity index (χ3v) is 3.09. The molecule has 0 bridgehead atoms. The predicted molar refractivity (Wildman–Crippen MR) is 69.9 cm³/mol. The first kappa shape index (κ1) is 12.1. The fraction of sp³-hybridized carbons (Fsp3) is 0.0909. The lowest BCUT2D eigenvalue weighted by atomic mass is 10.2. The van der Waals surface area contributed by atoms with E-state index in [-0.39, 0.29) is 11.8 Å². The van der Waals surface area contributed by atoms with Crippen LogP contribution in [0.15, 0.2) is 34.9 Å². The van der Waals surface area contributed by atoms with Crippen LogP contribution in [0.1, 0.15) is 5.56 Å². The molecule has 1 aromatic carbocycles. The van der Waals surface area contributed by atoms with E-state index in [0.29, 0.717) is 11.6 Å². The van der Waals surface area contributed by atoms with Crippen LogP contribution in [0, 0.1) is 0 Å². The van der Waals surface area contributed by atoms with Gasteiger partial charge in [-0.05, 0) is 6.07 Å². The van der Waals surface area contributed by atoms with Gasteiger partial charge in [-0.15, -0.1) is 0 Å². The molecule has 0 unspecified atom stereocenters. The molecule has 0 aliphatic rings. The Morgan fingerprint density at radius 3 is 2.88 bits per heavy atom. The molecule has 0 radical (unpaired) electrons. The maximum atomic E-state index is 5.88. The summed E-state index contributed by atoms with van der Waals surface area (Å²) in [6, 6.07) is 7.75. The molecule has 88 valence electrons. The molecule has 1 aromatic heterocycles. The first-order valence-corrected chi connectivity index (χ1v) is 5.98. The number of nitrogens with two attached hydrogens (primary N) is 1. The summed E-state index contributed by atoms with van der Waals surface area (Å²) in [7, 11) is 0. The summed E-state index contributed by atoms with van der Waals surface area (Å²) in [6.07, 6.45) is 1.42. The number of halogens is 2. The van der Waals surface area contributed by atoms with Gasteiger partial charge in [-0.25, -0.2) is 4.98 Å². The summed E-state index contributed by atoms with van der Waals surface area (Å²) in [5.41, 5.74) is 6.46. The molecule has 0 saturated carbocycles. The Labute approximate surface area is 112 Å². The molecule has 4 nitrogen and oxygen atoms in total. The number of rotatable bonds is 3. The van der Waals surface area contributed by atoms with Crippen molar-refractivity contribution in [1.82, 2.24) is 9.97 Å². The van der Waals surface area contributed by atoms with Crippen LogP contribution >= 0.6 is 27.5 Å². The van der Waals surface area contributed by atoms with Crippen molar-refractivity contribution in [3.63, 3.8) is 0 Å². The molecule has 6 heteroatoms. The van der Waals surface area contributed by atoms with Crippen LogP contribution in [0.3, 0.4) is 0 Å². The third-order valence-electron chi connectivity index (χ3n) is 2.05. The Bertz CT molecular complexity index is 536. The van der Waals surface area contributed by atoms with Crippen molar-refractivity contribution in [2.75, 3.05) is 5.73 Å². The van der Waals surface area contributed by atoms with Gasteiger partial charge in [0.2, 0.25) is 11.8 Å².